The van der Waals surface area contributed by atoms with Crippen LogP contribution in [0, 0.1) is 6.92 Å². The van der Waals surface area contributed by atoms with E-state index in [4.69, 9.17) is 4.74 Å². The van der Waals surface area contributed by atoms with Crippen LogP contribution in [0.1, 0.15) is 23.0 Å². The molecule has 0 saturated carbocycles. The molecule has 2 heterocycles. The molecule has 0 unspecified atom stereocenters. The third-order valence-corrected chi connectivity index (χ3v) is 2.12. The Balaban J connectivity index is 2.60. The van der Waals surface area contributed by atoms with Crippen molar-refractivity contribution < 1.29 is 9.53 Å². The Hall–Kier alpha value is -2.11. The van der Waals surface area contributed by atoms with E-state index in [1.54, 1.807) is 20.0 Å². The van der Waals surface area contributed by atoms with Crippen molar-refractivity contribution in [1.82, 2.24) is 14.6 Å². The molecule has 16 heavy (non-hydrogen) atoms. The minimum absolute atomic E-state index is 0.0278. The molecule has 0 radical (unpaired) electrons. The van der Waals surface area contributed by atoms with Gasteiger partial charge in [-0.25, -0.2) is 14.3 Å². The van der Waals surface area contributed by atoms with Crippen LogP contribution in [-0.2, 0) is 4.74 Å². The van der Waals surface area contributed by atoms with Crippen molar-refractivity contribution in [3.63, 3.8) is 0 Å². The zero-order chi connectivity index (χ0) is 11.7. The van der Waals surface area contributed by atoms with Crippen LogP contribution in [-0.4, -0.2) is 27.2 Å². The summed E-state index contributed by atoms with van der Waals surface area (Å²) in [5.41, 5.74) is 0.447. The Morgan fingerprint density at radius 3 is 3.06 bits per heavy atom. The van der Waals surface area contributed by atoms with Crippen molar-refractivity contribution in [3.05, 3.63) is 33.9 Å². The summed E-state index contributed by atoms with van der Waals surface area (Å²) < 4.78 is 6.24. The molecule has 0 atom stereocenters. The van der Waals surface area contributed by atoms with E-state index in [9.17, 15) is 9.59 Å². The highest BCUT2D eigenvalue weighted by Gasteiger charge is 2.15. The average Bonchev–Trinajstić information content (AvgIpc) is 2.60. The lowest BCUT2D eigenvalue weighted by molar-refractivity contribution is 0.0524. The smallest absolute Gasteiger partial charge is 0.343 e. The first-order valence-electron chi connectivity index (χ1n) is 4.88. The molecule has 0 aromatic carbocycles. The summed E-state index contributed by atoms with van der Waals surface area (Å²) in [5.74, 6) is -0.632. The van der Waals surface area contributed by atoms with Gasteiger partial charge >= 0.3 is 5.97 Å². The summed E-state index contributed by atoms with van der Waals surface area (Å²) in [4.78, 5) is 27.3. The van der Waals surface area contributed by atoms with E-state index < -0.39 is 11.4 Å². The summed E-state index contributed by atoms with van der Waals surface area (Å²) >= 11 is 0. The first-order valence-corrected chi connectivity index (χ1v) is 4.88. The maximum absolute atomic E-state index is 11.9. The van der Waals surface area contributed by atoms with E-state index >= 15 is 0 Å². The number of aromatic nitrogens is 3. The van der Waals surface area contributed by atoms with Crippen LogP contribution < -0.4 is 5.43 Å². The van der Waals surface area contributed by atoms with Gasteiger partial charge in [-0.2, -0.15) is 0 Å². The molecule has 6 nitrogen and oxygen atoms in total. The van der Waals surface area contributed by atoms with E-state index in [0.29, 0.717) is 5.69 Å². The molecular weight excluding hydrogens is 210 g/mol. The van der Waals surface area contributed by atoms with Crippen molar-refractivity contribution >= 4 is 11.6 Å². The lowest BCUT2D eigenvalue weighted by Crippen LogP contribution is -2.20. The van der Waals surface area contributed by atoms with Gasteiger partial charge in [0.2, 0.25) is 11.1 Å². The van der Waals surface area contributed by atoms with Gasteiger partial charge in [0.05, 0.1) is 18.5 Å². The predicted octanol–water partition coefficient (Wildman–Crippen LogP) is 0.508. The molecule has 0 bridgehead atoms. The monoisotopic (exact) mass is 221 g/mol. The number of nitrogens with zero attached hydrogens (tertiary/aromatic N) is 2. The molecule has 1 N–H and O–H groups in total. The van der Waals surface area contributed by atoms with E-state index in [2.05, 4.69) is 10.1 Å². The number of aromatic amines is 1. The number of hydrogen-bond donors (Lipinski definition) is 1. The Morgan fingerprint density at radius 1 is 1.62 bits per heavy atom. The molecule has 0 aliphatic carbocycles. The fourth-order valence-electron chi connectivity index (χ4n) is 1.44. The summed E-state index contributed by atoms with van der Waals surface area (Å²) in [6.07, 6.45) is 3.00. The van der Waals surface area contributed by atoms with E-state index in [1.165, 1.54) is 10.7 Å². The number of imidazole rings is 1. The molecule has 2 aromatic heterocycles. The first kappa shape index (κ1) is 10.4. The molecule has 6 heteroatoms. The number of rotatable bonds is 2. The van der Waals surface area contributed by atoms with Gasteiger partial charge in [0.1, 0.15) is 5.56 Å². The molecule has 0 aliphatic heterocycles. The topological polar surface area (TPSA) is 76.5 Å². The standard InChI is InChI=1S/C10H11N3O3/c1-3-16-10(15)7-4-11-13-5-6(2)12-9(13)8(7)14/h4-5,11H,3H2,1-2H3. The quantitative estimate of drug-likeness (QED) is 0.749. The fourth-order valence-corrected chi connectivity index (χ4v) is 1.44. The second-order valence-electron chi connectivity index (χ2n) is 3.31. The summed E-state index contributed by atoms with van der Waals surface area (Å²) in [5, 5.41) is 2.77. The molecule has 2 aromatic rings. The van der Waals surface area contributed by atoms with Gasteiger partial charge in [0, 0.05) is 6.20 Å². The van der Waals surface area contributed by atoms with E-state index in [1.807, 2.05) is 0 Å². The summed E-state index contributed by atoms with van der Waals surface area (Å²) in [7, 11) is 0. The van der Waals surface area contributed by atoms with Crippen LogP contribution in [0.3, 0.4) is 0 Å². The second-order valence-corrected chi connectivity index (χ2v) is 3.31. The zero-order valence-electron chi connectivity index (χ0n) is 8.98. The van der Waals surface area contributed by atoms with Gasteiger partial charge in [-0.3, -0.25) is 9.89 Å². The van der Waals surface area contributed by atoms with Crippen molar-refractivity contribution in [2.24, 2.45) is 0 Å². The maximum atomic E-state index is 11.9. The van der Waals surface area contributed by atoms with Gasteiger partial charge in [0.15, 0.2) is 0 Å². The summed E-state index contributed by atoms with van der Waals surface area (Å²) in [6.45, 7) is 3.69. The van der Waals surface area contributed by atoms with Crippen LogP contribution in [0.5, 0.6) is 0 Å². The molecule has 0 spiro atoms. The number of nitrogens with one attached hydrogen (secondary N) is 1. The van der Waals surface area contributed by atoms with Crippen LogP contribution in [0.4, 0.5) is 0 Å². The van der Waals surface area contributed by atoms with Crippen molar-refractivity contribution in [2.75, 3.05) is 6.61 Å². The number of ether oxygens (including phenoxy) is 1. The Morgan fingerprint density at radius 2 is 2.38 bits per heavy atom. The van der Waals surface area contributed by atoms with Crippen LogP contribution >= 0.6 is 0 Å². The van der Waals surface area contributed by atoms with E-state index in [-0.39, 0.29) is 17.8 Å². The lowest BCUT2D eigenvalue weighted by atomic mass is 10.3. The largest absolute Gasteiger partial charge is 0.462 e. The summed E-state index contributed by atoms with van der Waals surface area (Å²) in [6, 6.07) is 0. The Labute approximate surface area is 90.9 Å². The molecule has 0 amide bonds. The zero-order valence-corrected chi connectivity index (χ0v) is 8.98. The number of hydrogen-bond acceptors (Lipinski definition) is 4. The number of carbonyl (C=O) groups excluding carboxylic acids is 1. The SMILES string of the molecule is CCOC(=O)c1c[nH]n2cc(C)nc2c1=O. The number of aryl methyl sites for hydroxylation is 1. The third kappa shape index (κ3) is 1.58. The minimum atomic E-state index is -0.632. The Kier molecular flexibility index (Phi) is 2.47. The van der Waals surface area contributed by atoms with Crippen molar-refractivity contribution in [1.29, 1.82) is 0 Å². The third-order valence-electron chi connectivity index (χ3n) is 2.12. The molecule has 2 rings (SSSR count). The number of H-pyrrole nitrogens is 1. The molecule has 0 aliphatic rings. The number of esters is 1. The van der Waals surface area contributed by atoms with E-state index in [0.717, 1.165) is 0 Å². The van der Waals surface area contributed by atoms with Gasteiger partial charge < -0.3 is 4.74 Å². The van der Waals surface area contributed by atoms with Crippen molar-refractivity contribution in [3.8, 4) is 0 Å². The number of fused-ring (bicyclic) bond motifs is 1. The highest BCUT2D eigenvalue weighted by Crippen LogP contribution is 2.00. The predicted molar refractivity (Wildman–Crippen MR) is 56.5 cm³/mol. The van der Waals surface area contributed by atoms with Gasteiger partial charge in [-0.15, -0.1) is 0 Å². The number of carbonyl (C=O) groups is 1. The minimum Gasteiger partial charge on any atom is -0.462 e. The second kappa shape index (κ2) is 3.80. The normalized spacial score (nSPS) is 10.6. The molecule has 0 fully saturated rings. The van der Waals surface area contributed by atoms with Gasteiger partial charge in [-0.05, 0) is 13.8 Å². The van der Waals surface area contributed by atoms with Crippen LogP contribution in [0.2, 0.25) is 0 Å². The average molecular weight is 221 g/mol. The first-order chi connectivity index (χ1) is 7.63. The van der Waals surface area contributed by atoms with Crippen LogP contribution in [0.15, 0.2) is 17.2 Å². The van der Waals surface area contributed by atoms with Crippen molar-refractivity contribution in [2.45, 2.75) is 13.8 Å². The highest BCUT2D eigenvalue weighted by molar-refractivity contribution is 5.89. The molecule has 0 saturated heterocycles. The van der Waals surface area contributed by atoms with Crippen LogP contribution in [0.25, 0.3) is 5.65 Å². The molecular formula is C10H11N3O3. The Bertz CT molecular complexity index is 597. The fraction of sp³-hybridized carbons (Fsp3) is 0.300. The van der Waals surface area contributed by atoms with Gasteiger partial charge in [0.25, 0.3) is 0 Å². The highest BCUT2D eigenvalue weighted by atomic mass is 16.5. The maximum Gasteiger partial charge on any atom is 0.343 e. The molecule has 84 valence electrons. The lowest BCUT2D eigenvalue weighted by Gasteiger charge is -2.00. The van der Waals surface area contributed by atoms with Gasteiger partial charge in [-0.1, -0.05) is 0 Å².